The first-order chi connectivity index (χ1) is 19.9. The molecule has 0 aliphatic heterocycles. The maximum Gasteiger partial charge on any atom is 0.203 e. The number of carbonyl (C=O) groups excluding carboxylic acids is 1. The highest BCUT2D eigenvalue weighted by Crippen LogP contribution is 2.39. The van der Waals surface area contributed by atoms with E-state index in [1.807, 2.05) is 12.1 Å². The first-order valence-electron chi connectivity index (χ1n) is 12.3. The minimum Gasteiger partial charge on any atom is -0.504 e. The van der Waals surface area contributed by atoms with E-state index in [-0.39, 0.29) is 23.9 Å². The van der Waals surface area contributed by atoms with Gasteiger partial charge in [-0.05, 0) is 66.7 Å². The summed E-state index contributed by atoms with van der Waals surface area (Å²) in [6, 6.07) is 15.5. The summed E-state index contributed by atoms with van der Waals surface area (Å²) in [6.45, 7) is 0.122. The van der Waals surface area contributed by atoms with Crippen molar-refractivity contribution in [3.05, 3.63) is 94.9 Å². The van der Waals surface area contributed by atoms with Gasteiger partial charge in [0.05, 0.1) is 38.7 Å². The molecular formula is C30H25ClN4O6. The van der Waals surface area contributed by atoms with Crippen LogP contribution in [-0.4, -0.2) is 52.2 Å². The zero-order valence-corrected chi connectivity index (χ0v) is 23.1. The lowest BCUT2D eigenvalue weighted by Gasteiger charge is -2.11. The highest BCUT2D eigenvalue weighted by atomic mass is 35.5. The number of carbonyl (C=O) groups is 1. The molecule has 3 aromatic carbocycles. The zero-order valence-electron chi connectivity index (χ0n) is 22.4. The number of allylic oxidation sites excluding steroid dienone is 1. The fourth-order valence-corrected chi connectivity index (χ4v) is 4.37. The van der Waals surface area contributed by atoms with Crippen LogP contribution in [0.4, 0.5) is 0 Å². The molecule has 0 aliphatic rings. The Morgan fingerprint density at radius 1 is 0.976 bits per heavy atom. The molecule has 0 fully saturated rings. The predicted octanol–water partition coefficient (Wildman–Crippen LogP) is 5.68. The molecule has 10 nitrogen and oxygen atoms in total. The van der Waals surface area contributed by atoms with Crippen LogP contribution < -0.4 is 18.9 Å². The third-order valence-corrected chi connectivity index (χ3v) is 6.49. The fraction of sp³-hybridized carbons (Fsp3) is 0.133. The minimum absolute atomic E-state index is 0.122. The number of pyridine rings is 1. The van der Waals surface area contributed by atoms with E-state index >= 15 is 0 Å². The lowest BCUT2D eigenvalue weighted by atomic mass is 10.1. The topological polar surface area (TPSA) is 118 Å². The Labute approximate surface area is 240 Å². The number of ketones is 1. The normalized spacial score (nSPS) is 11.1. The van der Waals surface area contributed by atoms with E-state index in [0.717, 1.165) is 16.6 Å². The molecule has 5 aromatic rings. The zero-order chi connectivity index (χ0) is 28.9. The number of methoxy groups -OCH3 is 3. The molecule has 1 N–H and O–H groups in total. The van der Waals surface area contributed by atoms with E-state index in [9.17, 15) is 9.90 Å². The molecule has 0 aliphatic carbocycles. The summed E-state index contributed by atoms with van der Waals surface area (Å²) in [5.41, 5.74) is 2.92. The van der Waals surface area contributed by atoms with Gasteiger partial charge in [-0.15, -0.1) is 5.10 Å². The average Bonchev–Trinajstić information content (AvgIpc) is 3.47. The minimum atomic E-state index is -0.294. The number of rotatable bonds is 10. The maximum absolute atomic E-state index is 12.9. The standard InChI is InChI=1S/C30H25ClN4O6/c1-38-27-11-5-18(29(37)30(27)40-3)4-9-25(36)19-6-10-26(28(14-19)39-2)41-17-21-16-35(34-33-21)24-12-13-32-23-15-20(31)7-8-22(23)24/h4-16,37H,17H2,1-3H3/b9-4+. The van der Waals surface area contributed by atoms with E-state index < -0.39 is 0 Å². The Morgan fingerprint density at radius 3 is 2.56 bits per heavy atom. The Bertz CT molecular complexity index is 1770. The van der Waals surface area contributed by atoms with Gasteiger partial charge in [-0.2, -0.15) is 0 Å². The summed E-state index contributed by atoms with van der Waals surface area (Å²) in [5, 5.41) is 20.4. The van der Waals surface area contributed by atoms with Gasteiger partial charge < -0.3 is 24.1 Å². The van der Waals surface area contributed by atoms with Gasteiger partial charge in [-0.1, -0.05) is 16.8 Å². The largest absolute Gasteiger partial charge is 0.504 e. The summed E-state index contributed by atoms with van der Waals surface area (Å²) in [5.74, 6) is 0.956. The Hall–Kier alpha value is -5.09. The van der Waals surface area contributed by atoms with Gasteiger partial charge in [0.2, 0.25) is 5.75 Å². The molecule has 0 saturated carbocycles. The molecule has 0 saturated heterocycles. The lowest BCUT2D eigenvalue weighted by Crippen LogP contribution is -2.01. The number of ether oxygens (including phenoxy) is 4. The summed E-state index contributed by atoms with van der Waals surface area (Å²) >= 11 is 6.10. The van der Waals surface area contributed by atoms with Crippen LogP contribution in [0.3, 0.4) is 0 Å². The molecule has 2 aromatic heterocycles. The third kappa shape index (κ3) is 5.78. The van der Waals surface area contributed by atoms with Crippen LogP contribution in [0.2, 0.25) is 5.02 Å². The number of halogens is 1. The molecule has 11 heteroatoms. The van der Waals surface area contributed by atoms with Crippen LogP contribution in [0.25, 0.3) is 22.7 Å². The lowest BCUT2D eigenvalue weighted by molar-refractivity contribution is 0.104. The van der Waals surface area contributed by atoms with Gasteiger partial charge in [0, 0.05) is 27.7 Å². The second kappa shape index (κ2) is 12.0. The van der Waals surface area contributed by atoms with E-state index in [0.29, 0.717) is 39.1 Å². The van der Waals surface area contributed by atoms with Gasteiger partial charge in [0.15, 0.2) is 28.8 Å². The number of hydrogen-bond acceptors (Lipinski definition) is 9. The molecule has 0 radical (unpaired) electrons. The molecule has 0 atom stereocenters. The second-order valence-corrected chi connectivity index (χ2v) is 9.17. The van der Waals surface area contributed by atoms with Crippen LogP contribution in [0.5, 0.6) is 28.7 Å². The van der Waals surface area contributed by atoms with E-state index in [4.69, 9.17) is 30.5 Å². The van der Waals surface area contributed by atoms with Gasteiger partial charge >= 0.3 is 0 Å². The molecule has 0 spiro atoms. The fourth-order valence-electron chi connectivity index (χ4n) is 4.20. The number of nitrogens with zero attached hydrogens (tertiary/aromatic N) is 4. The Balaban J connectivity index is 1.29. The number of aromatic nitrogens is 4. The molecule has 0 bridgehead atoms. The number of aromatic hydroxyl groups is 1. The van der Waals surface area contributed by atoms with Crippen molar-refractivity contribution in [3.8, 4) is 34.4 Å². The maximum atomic E-state index is 12.9. The number of phenolic OH excluding ortho intramolecular Hbond substituents is 1. The summed E-state index contributed by atoms with van der Waals surface area (Å²) < 4.78 is 23.4. The molecule has 208 valence electrons. The molecule has 0 unspecified atom stereocenters. The van der Waals surface area contributed by atoms with Crippen molar-refractivity contribution in [2.75, 3.05) is 21.3 Å². The van der Waals surface area contributed by atoms with Crippen molar-refractivity contribution in [2.24, 2.45) is 0 Å². The first-order valence-corrected chi connectivity index (χ1v) is 12.7. The molecule has 5 rings (SSSR count). The third-order valence-electron chi connectivity index (χ3n) is 6.26. The Morgan fingerprint density at radius 2 is 1.78 bits per heavy atom. The predicted molar refractivity (Wildman–Crippen MR) is 154 cm³/mol. The quantitative estimate of drug-likeness (QED) is 0.167. The van der Waals surface area contributed by atoms with Gasteiger partial charge in [0.25, 0.3) is 0 Å². The molecule has 2 heterocycles. The average molecular weight is 573 g/mol. The second-order valence-electron chi connectivity index (χ2n) is 8.74. The number of fused-ring (bicyclic) bond motifs is 1. The van der Waals surface area contributed by atoms with Crippen molar-refractivity contribution in [3.63, 3.8) is 0 Å². The van der Waals surface area contributed by atoms with E-state index in [2.05, 4.69) is 15.3 Å². The monoisotopic (exact) mass is 572 g/mol. The molecular weight excluding hydrogens is 548 g/mol. The van der Waals surface area contributed by atoms with Crippen LogP contribution in [-0.2, 0) is 6.61 Å². The number of hydrogen-bond donors (Lipinski definition) is 1. The van der Waals surface area contributed by atoms with Crippen molar-refractivity contribution >= 4 is 34.4 Å². The van der Waals surface area contributed by atoms with Gasteiger partial charge in [-0.25, -0.2) is 4.68 Å². The van der Waals surface area contributed by atoms with Crippen molar-refractivity contribution in [1.29, 1.82) is 0 Å². The SMILES string of the molecule is COc1cc(C(=O)/C=C/c2ccc(OC)c(OC)c2O)ccc1OCc1cn(-c2ccnc3cc(Cl)ccc23)nn1. The summed E-state index contributed by atoms with van der Waals surface area (Å²) in [7, 11) is 4.39. The summed E-state index contributed by atoms with van der Waals surface area (Å²) in [6.07, 6.45) is 6.30. The smallest absolute Gasteiger partial charge is 0.203 e. The first kappa shape index (κ1) is 27.5. The van der Waals surface area contributed by atoms with Crippen LogP contribution >= 0.6 is 11.6 Å². The van der Waals surface area contributed by atoms with E-state index in [1.54, 1.807) is 59.5 Å². The highest BCUT2D eigenvalue weighted by molar-refractivity contribution is 6.31. The molecule has 41 heavy (non-hydrogen) atoms. The van der Waals surface area contributed by atoms with Gasteiger partial charge in [-0.3, -0.25) is 9.78 Å². The highest BCUT2D eigenvalue weighted by Gasteiger charge is 2.15. The number of benzene rings is 3. The van der Waals surface area contributed by atoms with Crippen molar-refractivity contribution < 1.29 is 28.8 Å². The van der Waals surface area contributed by atoms with Crippen LogP contribution in [0.15, 0.2) is 73.1 Å². The van der Waals surface area contributed by atoms with Crippen molar-refractivity contribution in [1.82, 2.24) is 20.0 Å². The van der Waals surface area contributed by atoms with Gasteiger partial charge in [0.1, 0.15) is 12.3 Å². The summed E-state index contributed by atoms with van der Waals surface area (Å²) in [4.78, 5) is 17.2. The van der Waals surface area contributed by atoms with Crippen LogP contribution in [0.1, 0.15) is 21.6 Å². The molecule has 0 amide bonds. The van der Waals surface area contributed by atoms with Crippen molar-refractivity contribution in [2.45, 2.75) is 6.61 Å². The number of phenols is 1. The Kier molecular flexibility index (Phi) is 8.02. The van der Waals surface area contributed by atoms with Crippen LogP contribution in [0, 0.1) is 0 Å². The van der Waals surface area contributed by atoms with E-state index in [1.165, 1.54) is 33.5 Å².